The lowest BCUT2D eigenvalue weighted by Crippen LogP contribution is -2.54. The molecule has 30 heavy (non-hydrogen) atoms. The molecule has 2 heterocycles. The van der Waals surface area contributed by atoms with Crippen molar-refractivity contribution in [1.29, 1.82) is 0 Å². The Morgan fingerprint density at radius 2 is 1.63 bits per heavy atom. The molecule has 158 valence electrons. The second-order valence-electron chi connectivity index (χ2n) is 7.55. The third kappa shape index (κ3) is 4.18. The molecule has 1 aliphatic rings. The molecule has 7 heteroatoms. The van der Waals surface area contributed by atoms with Gasteiger partial charge in [-0.15, -0.1) is 11.3 Å². The van der Waals surface area contributed by atoms with E-state index in [9.17, 15) is 24.8 Å². The van der Waals surface area contributed by atoms with Gasteiger partial charge in [0.25, 0.3) is 0 Å². The number of benzene rings is 2. The molecule has 5 atom stereocenters. The Morgan fingerprint density at radius 3 is 2.37 bits per heavy atom. The van der Waals surface area contributed by atoms with Gasteiger partial charge < -0.3 is 25.2 Å². The van der Waals surface area contributed by atoms with Gasteiger partial charge in [-0.25, -0.2) is 4.39 Å². The topological polar surface area (TPSA) is 90.2 Å². The first-order valence-electron chi connectivity index (χ1n) is 9.65. The predicted octanol–water partition coefficient (Wildman–Crippen LogP) is 2.93. The number of ether oxygens (including phenoxy) is 1. The summed E-state index contributed by atoms with van der Waals surface area (Å²) < 4.78 is 18.5. The molecule has 0 spiro atoms. The van der Waals surface area contributed by atoms with E-state index >= 15 is 0 Å². The summed E-state index contributed by atoms with van der Waals surface area (Å²) in [6, 6.07) is 16.0. The van der Waals surface area contributed by atoms with Crippen molar-refractivity contribution < 1.29 is 29.6 Å². The lowest BCUT2D eigenvalue weighted by Gasteiger charge is -2.38. The molecule has 4 N–H and O–H groups in total. The number of aliphatic hydroxyl groups excluding tert-OH is 4. The quantitative estimate of drug-likeness (QED) is 0.511. The van der Waals surface area contributed by atoms with Gasteiger partial charge in [0.05, 0.1) is 0 Å². The van der Waals surface area contributed by atoms with Crippen molar-refractivity contribution in [3.63, 3.8) is 0 Å². The van der Waals surface area contributed by atoms with Gasteiger partial charge in [-0.2, -0.15) is 0 Å². The van der Waals surface area contributed by atoms with Gasteiger partial charge in [-0.3, -0.25) is 0 Å². The highest BCUT2D eigenvalue weighted by Crippen LogP contribution is 2.34. The van der Waals surface area contributed by atoms with Gasteiger partial charge in [0.2, 0.25) is 0 Å². The molecule has 0 unspecified atom stereocenters. The summed E-state index contributed by atoms with van der Waals surface area (Å²) in [5, 5.41) is 39.8. The van der Waals surface area contributed by atoms with Crippen LogP contribution in [0.5, 0.6) is 0 Å². The van der Waals surface area contributed by atoms with E-state index in [0.29, 0.717) is 12.0 Å². The Bertz CT molecular complexity index is 1020. The zero-order valence-electron chi connectivity index (χ0n) is 16.3. The molecule has 0 bridgehead atoms. The Hall–Kier alpha value is -2.13. The first kappa shape index (κ1) is 21.1. The van der Waals surface area contributed by atoms with Crippen LogP contribution in [-0.2, 0) is 11.2 Å². The molecule has 0 amide bonds. The van der Waals surface area contributed by atoms with Crippen LogP contribution >= 0.6 is 11.3 Å². The van der Waals surface area contributed by atoms with Crippen LogP contribution in [0.25, 0.3) is 10.4 Å². The first-order valence-corrected chi connectivity index (χ1v) is 10.5. The van der Waals surface area contributed by atoms with Crippen molar-refractivity contribution in [3.05, 3.63) is 82.0 Å². The van der Waals surface area contributed by atoms with Gasteiger partial charge in [-0.05, 0) is 53.4 Å². The fraction of sp³-hybridized carbons (Fsp3) is 0.304. The largest absolute Gasteiger partial charge is 0.387 e. The van der Waals surface area contributed by atoms with E-state index in [-0.39, 0.29) is 5.82 Å². The molecule has 1 aliphatic heterocycles. The van der Waals surface area contributed by atoms with E-state index < -0.39 is 30.7 Å². The number of halogens is 1. The molecule has 1 fully saturated rings. The summed E-state index contributed by atoms with van der Waals surface area (Å²) in [5.41, 5.74) is 3.65. The number of aliphatic hydroxyl groups is 4. The zero-order valence-corrected chi connectivity index (χ0v) is 17.1. The minimum atomic E-state index is -1.58. The second kappa shape index (κ2) is 8.55. The van der Waals surface area contributed by atoms with Crippen LogP contribution < -0.4 is 0 Å². The Kier molecular flexibility index (Phi) is 6.02. The number of aryl methyl sites for hydroxylation is 1. The molecular formula is C23H23FO5S. The van der Waals surface area contributed by atoms with E-state index in [1.807, 2.05) is 31.2 Å². The fourth-order valence-electron chi connectivity index (χ4n) is 3.63. The van der Waals surface area contributed by atoms with Gasteiger partial charge in [0, 0.05) is 16.2 Å². The van der Waals surface area contributed by atoms with Crippen molar-refractivity contribution in [2.24, 2.45) is 0 Å². The molecule has 5 nitrogen and oxygen atoms in total. The molecule has 0 saturated carbocycles. The van der Waals surface area contributed by atoms with Crippen LogP contribution in [0.3, 0.4) is 0 Å². The third-order valence-electron chi connectivity index (χ3n) is 5.44. The van der Waals surface area contributed by atoms with Gasteiger partial charge in [-0.1, -0.05) is 30.3 Å². The monoisotopic (exact) mass is 430 g/mol. The normalized spacial score (nSPS) is 26.7. The van der Waals surface area contributed by atoms with E-state index in [1.54, 1.807) is 29.5 Å². The molecule has 0 aliphatic carbocycles. The highest BCUT2D eigenvalue weighted by atomic mass is 32.1. The maximum Gasteiger partial charge on any atom is 0.184 e. The van der Waals surface area contributed by atoms with Crippen LogP contribution in [0.15, 0.2) is 54.6 Å². The van der Waals surface area contributed by atoms with Crippen LogP contribution in [0, 0.1) is 12.7 Å². The summed E-state index contributed by atoms with van der Waals surface area (Å²) in [5.74, 6) is -0.266. The average Bonchev–Trinajstić information content (AvgIpc) is 3.20. The van der Waals surface area contributed by atoms with Gasteiger partial charge >= 0.3 is 0 Å². The molecule has 4 rings (SSSR count). The molecule has 3 aromatic rings. The second-order valence-corrected chi connectivity index (χ2v) is 8.72. The van der Waals surface area contributed by atoms with E-state index in [2.05, 4.69) is 0 Å². The van der Waals surface area contributed by atoms with Crippen LogP contribution in [0.2, 0.25) is 0 Å². The third-order valence-corrected chi connectivity index (χ3v) is 6.58. The lowest BCUT2D eigenvalue weighted by atomic mass is 9.91. The minimum Gasteiger partial charge on any atom is -0.387 e. The first-order chi connectivity index (χ1) is 14.3. The Morgan fingerprint density at radius 1 is 0.900 bits per heavy atom. The zero-order chi connectivity index (χ0) is 21.4. The van der Waals surface area contributed by atoms with Crippen molar-refractivity contribution in [2.75, 3.05) is 0 Å². The van der Waals surface area contributed by atoms with Gasteiger partial charge in [0.1, 0.15) is 30.2 Å². The summed E-state index contributed by atoms with van der Waals surface area (Å²) in [4.78, 5) is 2.17. The SMILES string of the molecule is Cc1ccc([C@@H]2O[C@H](O)[C@@H](O)[C@H](O)[C@H]2O)cc1Cc1ccc(-c2ccc(F)cc2)s1. The van der Waals surface area contributed by atoms with Crippen molar-refractivity contribution in [1.82, 2.24) is 0 Å². The maximum absolute atomic E-state index is 13.2. The van der Waals surface area contributed by atoms with E-state index in [0.717, 1.165) is 26.4 Å². The van der Waals surface area contributed by atoms with E-state index in [1.165, 1.54) is 12.1 Å². The summed E-state index contributed by atoms with van der Waals surface area (Å²) in [6.45, 7) is 1.99. The number of thiophene rings is 1. The smallest absolute Gasteiger partial charge is 0.184 e. The predicted molar refractivity (Wildman–Crippen MR) is 112 cm³/mol. The Labute approximate surface area is 177 Å². The Balaban J connectivity index is 1.56. The summed E-state index contributed by atoms with van der Waals surface area (Å²) >= 11 is 1.62. The number of hydrogen-bond acceptors (Lipinski definition) is 6. The lowest BCUT2D eigenvalue weighted by molar-refractivity contribution is -0.284. The average molecular weight is 430 g/mol. The molecule has 1 saturated heterocycles. The number of rotatable bonds is 4. The fourth-order valence-corrected chi connectivity index (χ4v) is 4.66. The van der Waals surface area contributed by atoms with Crippen LogP contribution in [0.1, 0.15) is 27.7 Å². The van der Waals surface area contributed by atoms with Crippen molar-refractivity contribution >= 4 is 11.3 Å². The number of hydrogen-bond donors (Lipinski definition) is 4. The molecule has 1 aromatic heterocycles. The highest BCUT2D eigenvalue weighted by molar-refractivity contribution is 7.15. The van der Waals surface area contributed by atoms with Gasteiger partial charge in [0.15, 0.2) is 6.29 Å². The minimum absolute atomic E-state index is 0.266. The molecular weight excluding hydrogens is 407 g/mol. The highest BCUT2D eigenvalue weighted by Gasteiger charge is 2.43. The standard InChI is InChI=1S/C23H23FO5S/c1-12-2-3-14(22-20(26)19(25)21(27)23(28)29-22)10-15(12)11-17-8-9-18(30-17)13-4-6-16(24)7-5-13/h2-10,19-23,25-28H,11H2,1H3/t19-,20-,21+,22+,23+/m1/s1. The molecule has 0 radical (unpaired) electrons. The maximum atomic E-state index is 13.2. The van der Waals surface area contributed by atoms with Crippen molar-refractivity contribution in [3.8, 4) is 10.4 Å². The van der Waals surface area contributed by atoms with E-state index in [4.69, 9.17) is 4.74 Å². The molecule has 2 aromatic carbocycles. The van der Waals surface area contributed by atoms with Crippen LogP contribution in [0.4, 0.5) is 4.39 Å². The van der Waals surface area contributed by atoms with Crippen LogP contribution in [-0.4, -0.2) is 45.0 Å². The van der Waals surface area contributed by atoms with Crippen molar-refractivity contribution in [2.45, 2.75) is 44.1 Å². The summed E-state index contributed by atoms with van der Waals surface area (Å²) in [6.07, 6.45) is -6.28. The summed E-state index contributed by atoms with van der Waals surface area (Å²) in [7, 11) is 0.